The van der Waals surface area contributed by atoms with Crippen LogP contribution in [0.4, 0.5) is 0 Å². The molecule has 54 heavy (non-hydrogen) atoms. The molecule has 294 valence electrons. The number of esters is 1. The highest BCUT2D eigenvalue weighted by atomic mass is 35.5. The average molecular weight is 761 g/mol. The van der Waals surface area contributed by atoms with Gasteiger partial charge in [0.25, 0.3) is 0 Å². The van der Waals surface area contributed by atoms with Gasteiger partial charge in [-0.1, -0.05) is 65.6 Å². The van der Waals surface area contributed by atoms with Gasteiger partial charge in [0.1, 0.15) is 17.6 Å². The molecule has 4 saturated carbocycles. The number of aliphatic carboxylic acids is 1. The molecule has 0 radical (unpaired) electrons. The maximum Gasteiger partial charge on any atom is 0.309 e. The number of ether oxygens (including phenoxy) is 1. The van der Waals surface area contributed by atoms with Gasteiger partial charge >= 0.3 is 11.9 Å². The van der Waals surface area contributed by atoms with Gasteiger partial charge < -0.3 is 14.4 Å². The molecule has 2 heterocycles. The van der Waals surface area contributed by atoms with E-state index in [0.717, 1.165) is 68.5 Å². The number of carboxylic acid groups (broad SMARTS) is 1. The van der Waals surface area contributed by atoms with E-state index < -0.39 is 17.4 Å². The lowest BCUT2D eigenvalue weighted by Crippen LogP contribution is -2.65. The molecule has 2 aromatic heterocycles. The third-order valence-electron chi connectivity index (χ3n) is 16.4. The van der Waals surface area contributed by atoms with E-state index in [4.69, 9.17) is 21.4 Å². The number of halogens is 1. The van der Waals surface area contributed by atoms with Crippen molar-refractivity contribution in [2.24, 2.45) is 63.2 Å². The smallest absolute Gasteiger partial charge is 0.309 e. The number of carbonyl (C=O) groups is 3. The number of hydrogen-bond acceptors (Lipinski definition) is 7. The number of allylic oxidation sites excluding steroid dienone is 2. The Hall–Kier alpha value is -3.07. The number of rotatable bonds is 8. The zero-order valence-corrected chi connectivity index (χ0v) is 34.9. The van der Waals surface area contributed by atoms with E-state index in [9.17, 15) is 19.5 Å². The standard InChI is InChI=1S/C44H61ClN4O5/c1-25(2)35-29(50)21-44(22-33-47-48-37(49(33)10)28-13-11-26(45)24-46-28)20-19-42(8)27(36(35)44)12-14-31-41(7)17-16-32(54-34(51)23-39(3,4)38(52)53)40(5,6)30(41)15-18-43(31,42)9/h11,13,24-25,27,30-32H,12,14-23H2,1-10H3,(H,52,53)/t27-,30+,31-,32+,41+,42-,43-,44+/m1/s1. The summed E-state index contributed by atoms with van der Waals surface area (Å²) in [5, 5.41) is 19.5. The van der Waals surface area contributed by atoms with E-state index in [1.807, 2.05) is 19.2 Å². The molecule has 0 amide bonds. The molecule has 4 fully saturated rings. The maximum atomic E-state index is 14.2. The van der Waals surface area contributed by atoms with Gasteiger partial charge in [-0.3, -0.25) is 19.4 Å². The lowest BCUT2D eigenvalue weighted by Gasteiger charge is -2.72. The van der Waals surface area contributed by atoms with Crippen LogP contribution in [-0.2, 0) is 32.6 Å². The van der Waals surface area contributed by atoms with Crippen molar-refractivity contribution in [3.63, 3.8) is 0 Å². The first-order valence-electron chi connectivity index (χ1n) is 20.3. The summed E-state index contributed by atoms with van der Waals surface area (Å²) in [6.45, 7) is 19.8. The number of pyridine rings is 1. The van der Waals surface area contributed by atoms with Crippen LogP contribution in [0.3, 0.4) is 0 Å². The molecule has 0 bridgehead atoms. The van der Waals surface area contributed by atoms with E-state index in [1.54, 1.807) is 20.0 Å². The summed E-state index contributed by atoms with van der Waals surface area (Å²) >= 11 is 6.13. The predicted octanol–water partition coefficient (Wildman–Crippen LogP) is 9.47. The van der Waals surface area contributed by atoms with Gasteiger partial charge in [0, 0.05) is 36.9 Å². The Bertz CT molecular complexity index is 1900. The summed E-state index contributed by atoms with van der Waals surface area (Å²) in [5.74, 6) is 1.87. The van der Waals surface area contributed by atoms with Gasteiger partial charge in [-0.25, -0.2) is 0 Å². The lowest BCUT2D eigenvalue weighted by atomic mass is 9.33. The third-order valence-corrected chi connectivity index (χ3v) is 16.6. The molecule has 8 atom stereocenters. The Labute approximate surface area is 326 Å². The summed E-state index contributed by atoms with van der Waals surface area (Å²) in [6, 6.07) is 3.70. The van der Waals surface area contributed by atoms with Crippen LogP contribution in [0.2, 0.25) is 5.02 Å². The number of aromatic nitrogens is 4. The molecule has 0 aliphatic heterocycles. The van der Waals surface area contributed by atoms with E-state index in [2.05, 4.69) is 63.1 Å². The second kappa shape index (κ2) is 13.0. The summed E-state index contributed by atoms with van der Waals surface area (Å²) in [4.78, 5) is 43.6. The molecule has 1 N–H and O–H groups in total. The fourth-order valence-corrected chi connectivity index (χ4v) is 13.4. The summed E-state index contributed by atoms with van der Waals surface area (Å²) in [5.41, 5.74) is 1.75. The second-order valence-electron chi connectivity index (χ2n) is 20.2. The van der Waals surface area contributed by atoms with E-state index in [0.29, 0.717) is 47.2 Å². The monoisotopic (exact) mass is 760 g/mol. The van der Waals surface area contributed by atoms with Crippen molar-refractivity contribution in [3.8, 4) is 11.5 Å². The van der Waals surface area contributed by atoms with Gasteiger partial charge in [-0.2, -0.15) is 0 Å². The van der Waals surface area contributed by atoms with Crippen LogP contribution in [0.1, 0.15) is 132 Å². The van der Waals surface area contributed by atoms with Crippen LogP contribution < -0.4 is 0 Å². The fourth-order valence-electron chi connectivity index (χ4n) is 13.3. The number of fused-ring (bicyclic) bond motifs is 7. The molecule has 5 aliphatic rings. The van der Waals surface area contributed by atoms with Gasteiger partial charge in [0.05, 0.1) is 16.9 Å². The Morgan fingerprint density at radius 2 is 1.70 bits per heavy atom. The SMILES string of the molecule is CC(C)C1=C2[C@H]3CC[C@@H]4[C@@]5(C)CC[C@H](OC(=O)CC(C)(C)C(=O)O)C(C)(C)[C@@H]5CC[C@@]4(C)[C@]3(C)CC[C@@]2(Cc2nnc(-c3ccc(Cl)cn3)n2C)CC1=O. The zero-order chi connectivity index (χ0) is 39.4. The van der Waals surface area contributed by atoms with Crippen molar-refractivity contribution in [1.29, 1.82) is 0 Å². The number of carbonyl (C=O) groups excluding carboxylic acids is 2. The molecule has 0 saturated heterocycles. The molecule has 0 unspecified atom stereocenters. The number of Topliss-reactive ketones (excluding diaryl/α,β-unsaturated/α-hetero) is 1. The van der Waals surface area contributed by atoms with E-state index in [-0.39, 0.29) is 45.5 Å². The molecular formula is C44H61ClN4O5. The van der Waals surface area contributed by atoms with Crippen LogP contribution >= 0.6 is 11.6 Å². The zero-order valence-electron chi connectivity index (χ0n) is 34.1. The average Bonchev–Trinajstić information content (AvgIpc) is 3.58. The highest BCUT2D eigenvalue weighted by Crippen LogP contribution is 2.77. The van der Waals surface area contributed by atoms with Gasteiger partial charge in [-0.05, 0) is 123 Å². The maximum absolute atomic E-state index is 14.2. The molecular weight excluding hydrogens is 700 g/mol. The Morgan fingerprint density at radius 3 is 2.35 bits per heavy atom. The molecule has 0 aromatic carbocycles. The third kappa shape index (κ3) is 5.74. The largest absolute Gasteiger partial charge is 0.481 e. The minimum absolute atomic E-state index is 0.0294. The number of nitrogens with zero attached hydrogens (tertiary/aromatic N) is 4. The quantitative estimate of drug-likeness (QED) is 0.264. The van der Waals surface area contributed by atoms with Crippen molar-refractivity contribution in [1.82, 2.24) is 19.7 Å². The fraction of sp³-hybridized carbons (Fsp3) is 0.727. The topological polar surface area (TPSA) is 124 Å². The van der Waals surface area contributed by atoms with Crippen LogP contribution in [0.25, 0.3) is 11.5 Å². The minimum atomic E-state index is -1.16. The van der Waals surface area contributed by atoms with Crippen molar-refractivity contribution in [2.75, 3.05) is 0 Å². The molecule has 9 nitrogen and oxygen atoms in total. The first-order chi connectivity index (χ1) is 25.1. The van der Waals surface area contributed by atoms with E-state index >= 15 is 0 Å². The summed E-state index contributed by atoms with van der Waals surface area (Å²) in [6.07, 6.45) is 10.7. The Morgan fingerprint density at radius 1 is 0.981 bits per heavy atom. The highest BCUT2D eigenvalue weighted by molar-refractivity contribution is 6.30. The first-order valence-corrected chi connectivity index (χ1v) is 20.7. The van der Waals surface area contributed by atoms with Crippen molar-refractivity contribution in [3.05, 3.63) is 40.3 Å². The van der Waals surface area contributed by atoms with Crippen LogP contribution in [0.5, 0.6) is 0 Å². The predicted molar refractivity (Wildman–Crippen MR) is 208 cm³/mol. The highest BCUT2D eigenvalue weighted by Gasteiger charge is 2.70. The molecule has 0 spiro atoms. The normalized spacial score (nSPS) is 36.0. The Kier molecular flexibility index (Phi) is 9.42. The lowest BCUT2D eigenvalue weighted by molar-refractivity contribution is -0.233. The van der Waals surface area contributed by atoms with Crippen LogP contribution in [-0.4, -0.2) is 48.7 Å². The molecule has 2 aromatic rings. The first kappa shape index (κ1) is 39.2. The van der Waals surface area contributed by atoms with Gasteiger partial charge in [0.15, 0.2) is 11.6 Å². The molecule has 10 heteroatoms. The summed E-state index contributed by atoms with van der Waals surface area (Å²) < 4.78 is 8.24. The van der Waals surface area contributed by atoms with Gasteiger partial charge in [0.2, 0.25) is 0 Å². The van der Waals surface area contributed by atoms with Gasteiger partial charge in [-0.15, -0.1) is 10.2 Å². The number of carboxylic acids is 1. The minimum Gasteiger partial charge on any atom is -0.481 e. The van der Waals surface area contributed by atoms with Crippen LogP contribution in [0, 0.1) is 56.2 Å². The van der Waals surface area contributed by atoms with Crippen molar-refractivity contribution < 1.29 is 24.2 Å². The van der Waals surface area contributed by atoms with E-state index in [1.165, 1.54) is 5.57 Å². The number of hydrogen-bond donors (Lipinski definition) is 1. The second-order valence-corrected chi connectivity index (χ2v) is 20.7. The van der Waals surface area contributed by atoms with Crippen LogP contribution in [0.15, 0.2) is 29.5 Å². The number of ketones is 1. The Balaban J connectivity index is 1.19. The molecule has 5 aliphatic carbocycles. The summed E-state index contributed by atoms with van der Waals surface area (Å²) in [7, 11) is 2.01. The molecule has 7 rings (SSSR count). The van der Waals surface area contributed by atoms with Crippen molar-refractivity contribution in [2.45, 2.75) is 139 Å². The van der Waals surface area contributed by atoms with Crippen molar-refractivity contribution >= 4 is 29.3 Å².